The number of carbonyl (C=O) groups is 1. The number of isothiocyanates is 1. The molecule has 4 nitrogen and oxygen atoms in total. The van der Waals surface area contributed by atoms with Crippen LogP contribution in [0.4, 0.5) is 5.69 Å². The minimum absolute atomic E-state index is 0.228. The molecule has 2 N–H and O–H groups in total. The normalized spacial score (nSPS) is 17.6. The molecule has 0 spiro atoms. The monoisotopic (exact) mass is 271 g/mol. The predicted molar refractivity (Wildman–Crippen MR) is 78.8 cm³/mol. The predicted octanol–water partition coefficient (Wildman–Crippen LogP) is 2.70. The third-order valence-electron chi connectivity index (χ3n) is 3.62. The van der Waals surface area contributed by atoms with Crippen molar-refractivity contribution in [3.63, 3.8) is 0 Å². The van der Waals surface area contributed by atoms with Crippen molar-refractivity contribution in [1.29, 1.82) is 0 Å². The van der Waals surface area contributed by atoms with Gasteiger partial charge in [0.05, 0.1) is 11.2 Å². The molecule has 1 aromatic heterocycles. The quantitative estimate of drug-likeness (QED) is 0.512. The Kier molecular flexibility index (Phi) is 3.15. The Morgan fingerprint density at radius 1 is 1.53 bits per heavy atom. The number of carbonyl (C=O) groups excluding carboxylic acids is 1. The van der Waals surface area contributed by atoms with Crippen LogP contribution in [-0.2, 0) is 17.6 Å². The molecule has 1 aliphatic rings. The van der Waals surface area contributed by atoms with Crippen molar-refractivity contribution >= 4 is 40.4 Å². The number of nitrogens with zero attached hydrogens (tertiary/aromatic N) is 1. The van der Waals surface area contributed by atoms with Crippen molar-refractivity contribution in [2.45, 2.75) is 25.3 Å². The van der Waals surface area contributed by atoms with E-state index in [9.17, 15) is 4.79 Å². The number of anilines is 1. The van der Waals surface area contributed by atoms with Gasteiger partial charge in [-0.2, -0.15) is 0 Å². The third kappa shape index (κ3) is 2.18. The van der Waals surface area contributed by atoms with Crippen LogP contribution in [0.3, 0.4) is 0 Å². The van der Waals surface area contributed by atoms with Crippen LogP contribution in [0.1, 0.15) is 17.7 Å². The van der Waals surface area contributed by atoms with Crippen LogP contribution in [0.25, 0.3) is 10.9 Å². The number of aryl methyl sites for hydroxylation is 1. The number of benzene rings is 1. The van der Waals surface area contributed by atoms with Crippen LogP contribution in [0.15, 0.2) is 23.2 Å². The molecule has 1 amide bonds. The van der Waals surface area contributed by atoms with Crippen LogP contribution in [0, 0.1) is 0 Å². The Hall–Kier alpha value is -1.97. The second-order valence-corrected chi connectivity index (χ2v) is 4.90. The summed E-state index contributed by atoms with van der Waals surface area (Å²) in [7, 11) is 0. The van der Waals surface area contributed by atoms with Crippen LogP contribution >= 0.6 is 12.2 Å². The molecule has 0 saturated heterocycles. The van der Waals surface area contributed by atoms with Gasteiger partial charge in [0.1, 0.15) is 0 Å². The molecular weight excluding hydrogens is 258 g/mol. The first-order valence-electron chi connectivity index (χ1n) is 6.22. The Morgan fingerprint density at radius 2 is 2.42 bits per heavy atom. The molecule has 96 valence electrons. The lowest BCUT2D eigenvalue weighted by molar-refractivity contribution is -0.105. The topological polar surface area (TPSA) is 57.2 Å². The average Bonchev–Trinajstić information content (AvgIpc) is 2.77. The fraction of sp³-hybridized carbons (Fsp3) is 0.286. The number of nitrogens with one attached hydrogen (secondary N) is 2. The number of fused-ring (bicyclic) bond motifs is 3. The molecule has 0 bridgehead atoms. The van der Waals surface area contributed by atoms with Gasteiger partial charge in [-0.15, -0.1) is 0 Å². The molecular formula is C14H13N3OS. The zero-order valence-corrected chi connectivity index (χ0v) is 11.1. The van der Waals surface area contributed by atoms with E-state index in [0.29, 0.717) is 6.41 Å². The van der Waals surface area contributed by atoms with Crippen molar-refractivity contribution in [1.82, 2.24) is 4.98 Å². The summed E-state index contributed by atoms with van der Waals surface area (Å²) in [6.07, 6.45) is 3.55. The summed E-state index contributed by atoms with van der Waals surface area (Å²) in [5.74, 6) is 0. The Balaban J connectivity index is 2.07. The molecule has 0 saturated carbocycles. The van der Waals surface area contributed by atoms with Crippen molar-refractivity contribution in [3.05, 3.63) is 29.5 Å². The molecule has 5 heteroatoms. The van der Waals surface area contributed by atoms with Crippen molar-refractivity contribution < 1.29 is 4.79 Å². The molecule has 1 aliphatic carbocycles. The fourth-order valence-corrected chi connectivity index (χ4v) is 2.89. The maximum absolute atomic E-state index is 10.5. The smallest absolute Gasteiger partial charge is 0.211 e. The van der Waals surface area contributed by atoms with Crippen LogP contribution in [0.2, 0.25) is 0 Å². The van der Waals surface area contributed by atoms with Crippen molar-refractivity contribution in [2.24, 2.45) is 4.99 Å². The zero-order chi connectivity index (χ0) is 13.2. The highest BCUT2D eigenvalue weighted by atomic mass is 32.1. The maximum atomic E-state index is 10.5. The summed E-state index contributed by atoms with van der Waals surface area (Å²) in [5, 5.41) is 6.32. The molecule has 0 aliphatic heterocycles. The van der Waals surface area contributed by atoms with Gasteiger partial charge < -0.3 is 10.3 Å². The largest absolute Gasteiger partial charge is 0.358 e. The summed E-state index contributed by atoms with van der Waals surface area (Å²) in [5.41, 5.74) is 4.47. The number of amides is 1. The molecule has 19 heavy (non-hydrogen) atoms. The number of H-pyrrole nitrogens is 1. The number of hydrogen-bond acceptors (Lipinski definition) is 3. The highest BCUT2D eigenvalue weighted by Gasteiger charge is 2.21. The van der Waals surface area contributed by atoms with E-state index in [2.05, 4.69) is 32.7 Å². The summed E-state index contributed by atoms with van der Waals surface area (Å²) in [6.45, 7) is 0. The van der Waals surface area contributed by atoms with Crippen LogP contribution < -0.4 is 5.32 Å². The number of hydrogen-bond donors (Lipinski definition) is 2. The van der Waals surface area contributed by atoms with Crippen LogP contribution in [-0.4, -0.2) is 22.6 Å². The minimum Gasteiger partial charge on any atom is -0.358 e. The molecule has 2 aromatic rings. The van der Waals surface area contributed by atoms with Crippen LogP contribution in [0.5, 0.6) is 0 Å². The fourth-order valence-electron chi connectivity index (χ4n) is 2.74. The van der Waals surface area contributed by atoms with E-state index in [4.69, 9.17) is 0 Å². The van der Waals surface area contributed by atoms with Gasteiger partial charge in [0, 0.05) is 22.3 Å². The molecule has 0 fully saturated rings. The second kappa shape index (κ2) is 4.96. The van der Waals surface area contributed by atoms with Gasteiger partial charge in [-0.1, -0.05) is 0 Å². The summed E-state index contributed by atoms with van der Waals surface area (Å²) >= 11 is 4.69. The minimum atomic E-state index is 0.228. The highest BCUT2D eigenvalue weighted by Crippen LogP contribution is 2.31. The zero-order valence-electron chi connectivity index (χ0n) is 10.3. The lowest BCUT2D eigenvalue weighted by Gasteiger charge is -2.17. The maximum Gasteiger partial charge on any atom is 0.211 e. The van der Waals surface area contributed by atoms with E-state index >= 15 is 0 Å². The average molecular weight is 271 g/mol. The first-order chi connectivity index (χ1) is 9.31. The Labute approximate surface area is 115 Å². The molecule has 1 heterocycles. The molecule has 3 rings (SSSR count). The highest BCUT2D eigenvalue weighted by molar-refractivity contribution is 7.78. The summed E-state index contributed by atoms with van der Waals surface area (Å²) in [6, 6.07) is 6.12. The lowest BCUT2D eigenvalue weighted by atomic mass is 9.92. The summed E-state index contributed by atoms with van der Waals surface area (Å²) < 4.78 is 0. The van der Waals surface area contributed by atoms with E-state index in [1.165, 1.54) is 11.3 Å². The number of aromatic amines is 1. The van der Waals surface area contributed by atoms with E-state index in [1.54, 1.807) is 0 Å². The lowest BCUT2D eigenvalue weighted by Crippen LogP contribution is -2.16. The first kappa shape index (κ1) is 12.1. The molecule has 1 unspecified atom stereocenters. The van der Waals surface area contributed by atoms with Crippen molar-refractivity contribution in [2.75, 3.05) is 5.32 Å². The molecule has 1 aromatic carbocycles. The van der Waals surface area contributed by atoms with E-state index < -0.39 is 0 Å². The number of rotatable bonds is 3. The standard InChI is InChI=1S/C14H13N3OS/c18-7-15-9-1-3-13-11(5-9)12-6-10(16-8-19)2-4-14(12)17-13/h1,3,5,7,10,17H,2,4,6H2,(H,15,18). The van der Waals surface area contributed by atoms with Gasteiger partial charge in [0.25, 0.3) is 0 Å². The van der Waals surface area contributed by atoms with Gasteiger partial charge in [0.15, 0.2) is 0 Å². The first-order valence-corrected chi connectivity index (χ1v) is 6.63. The second-order valence-electron chi connectivity index (χ2n) is 4.72. The van der Waals surface area contributed by atoms with E-state index in [0.717, 1.165) is 35.9 Å². The Bertz CT molecular complexity index is 685. The third-order valence-corrected chi connectivity index (χ3v) is 3.73. The van der Waals surface area contributed by atoms with Gasteiger partial charge >= 0.3 is 0 Å². The van der Waals surface area contributed by atoms with Gasteiger partial charge in [-0.3, -0.25) is 4.79 Å². The SMILES string of the molecule is O=CNc1ccc2[nH]c3c(c2c1)CC(N=C=S)CC3. The summed E-state index contributed by atoms with van der Waals surface area (Å²) in [4.78, 5) is 18.2. The van der Waals surface area contributed by atoms with Gasteiger partial charge in [0.2, 0.25) is 6.41 Å². The number of aliphatic imine (C=N–C) groups is 1. The van der Waals surface area contributed by atoms with E-state index in [1.807, 2.05) is 18.2 Å². The molecule has 1 atom stereocenters. The Morgan fingerprint density at radius 3 is 3.21 bits per heavy atom. The number of aromatic nitrogens is 1. The van der Waals surface area contributed by atoms with Gasteiger partial charge in [-0.05, 0) is 55.2 Å². The van der Waals surface area contributed by atoms with Gasteiger partial charge in [-0.25, -0.2) is 4.99 Å². The van der Waals surface area contributed by atoms with Crippen molar-refractivity contribution in [3.8, 4) is 0 Å². The molecule has 0 radical (unpaired) electrons. The number of thiocarbonyl (C=S) groups is 1. The van der Waals surface area contributed by atoms with E-state index in [-0.39, 0.29) is 6.04 Å².